The molecule has 7 heteroatoms. The molecule has 0 fully saturated rings. The number of nitrogens with two attached hydrogens (primary N) is 1. The Balaban J connectivity index is 2.18. The second-order valence-corrected chi connectivity index (χ2v) is 5.07. The standard InChI is InChI=1S/C11H13ClN4OS/c1-18-6-4-8(13)11-15-10(16-17-11)9-7(12)3-2-5-14-9/h2-3,5,8H,4,6,13H2,1H3/t8-/m1/s1. The first kappa shape index (κ1) is 13.3. The Morgan fingerprint density at radius 2 is 2.39 bits per heavy atom. The zero-order chi connectivity index (χ0) is 13.0. The lowest BCUT2D eigenvalue weighted by atomic mass is 10.2. The molecule has 1 atom stereocenters. The quantitative estimate of drug-likeness (QED) is 0.909. The second kappa shape index (κ2) is 6.17. The van der Waals surface area contributed by atoms with E-state index < -0.39 is 0 Å². The maximum Gasteiger partial charge on any atom is 0.243 e. The largest absolute Gasteiger partial charge is 0.337 e. The summed E-state index contributed by atoms with van der Waals surface area (Å²) in [5, 5.41) is 4.35. The van der Waals surface area contributed by atoms with Crippen LogP contribution < -0.4 is 5.73 Å². The van der Waals surface area contributed by atoms with Crippen molar-refractivity contribution in [3.05, 3.63) is 29.2 Å². The fourth-order valence-electron chi connectivity index (χ4n) is 1.40. The first-order valence-corrected chi connectivity index (χ1v) is 7.18. The lowest BCUT2D eigenvalue weighted by Gasteiger charge is -2.03. The van der Waals surface area contributed by atoms with E-state index in [1.54, 1.807) is 30.1 Å². The highest BCUT2D eigenvalue weighted by Crippen LogP contribution is 2.24. The Labute approximate surface area is 114 Å². The highest BCUT2D eigenvalue weighted by atomic mass is 35.5. The lowest BCUT2D eigenvalue weighted by Crippen LogP contribution is -2.11. The van der Waals surface area contributed by atoms with Crippen molar-refractivity contribution in [2.24, 2.45) is 5.73 Å². The third-order valence-electron chi connectivity index (χ3n) is 2.36. The summed E-state index contributed by atoms with van der Waals surface area (Å²) in [5.41, 5.74) is 6.45. The normalized spacial score (nSPS) is 12.6. The van der Waals surface area contributed by atoms with Crippen LogP contribution in [0.1, 0.15) is 18.4 Å². The monoisotopic (exact) mass is 284 g/mol. The van der Waals surface area contributed by atoms with E-state index >= 15 is 0 Å². The van der Waals surface area contributed by atoms with Gasteiger partial charge in [-0.15, -0.1) is 0 Å². The molecular formula is C11H13ClN4OS. The summed E-state index contributed by atoms with van der Waals surface area (Å²) in [6.45, 7) is 0. The number of rotatable bonds is 5. The number of hydrogen-bond acceptors (Lipinski definition) is 6. The average Bonchev–Trinajstić information content (AvgIpc) is 2.86. The Morgan fingerprint density at radius 3 is 3.11 bits per heavy atom. The minimum atomic E-state index is -0.249. The van der Waals surface area contributed by atoms with Gasteiger partial charge >= 0.3 is 0 Å². The molecule has 2 aromatic heterocycles. The van der Waals surface area contributed by atoms with E-state index in [-0.39, 0.29) is 6.04 Å². The summed E-state index contributed by atoms with van der Waals surface area (Å²) in [6.07, 6.45) is 4.45. The first-order chi connectivity index (χ1) is 8.72. The average molecular weight is 285 g/mol. The molecule has 0 saturated heterocycles. The highest BCUT2D eigenvalue weighted by Gasteiger charge is 2.17. The molecule has 2 heterocycles. The Bertz CT molecular complexity index is 519. The molecule has 0 radical (unpaired) electrons. The maximum atomic E-state index is 6.01. The smallest absolute Gasteiger partial charge is 0.243 e. The van der Waals surface area contributed by atoms with Crippen molar-refractivity contribution in [1.29, 1.82) is 0 Å². The number of halogens is 1. The molecule has 0 bridgehead atoms. The maximum absolute atomic E-state index is 6.01. The summed E-state index contributed by atoms with van der Waals surface area (Å²) in [4.78, 5) is 8.36. The van der Waals surface area contributed by atoms with Gasteiger partial charge in [-0.1, -0.05) is 16.8 Å². The molecule has 18 heavy (non-hydrogen) atoms. The SMILES string of the molecule is CSCC[C@@H](N)c1nc(-c2ncccc2Cl)no1. The van der Waals surface area contributed by atoms with E-state index in [1.165, 1.54) is 0 Å². The minimum Gasteiger partial charge on any atom is -0.337 e. The summed E-state index contributed by atoms with van der Waals surface area (Å²) < 4.78 is 5.14. The summed E-state index contributed by atoms with van der Waals surface area (Å²) >= 11 is 7.74. The van der Waals surface area contributed by atoms with E-state index in [0.29, 0.717) is 22.4 Å². The predicted molar refractivity (Wildman–Crippen MR) is 72.5 cm³/mol. The molecule has 0 amide bonds. The predicted octanol–water partition coefficient (Wildman–Crippen LogP) is 2.54. The van der Waals surface area contributed by atoms with Crippen molar-refractivity contribution in [3.63, 3.8) is 0 Å². The summed E-state index contributed by atoms with van der Waals surface area (Å²) in [6, 6.07) is 3.23. The molecule has 0 aliphatic rings. The molecule has 0 aromatic carbocycles. The van der Waals surface area contributed by atoms with E-state index in [4.69, 9.17) is 21.9 Å². The van der Waals surface area contributed by atoms with Crippen molar-refractivity contribution in [3.8, 4) is 11.5 Å². The fourth-order valence-corrected chi connectivity index (χ4v) is 2.10. The van der Waals surface area contributed by atoms with Gasteiger partial charge in [0.15, 0.2) is 0 Å². The highest BCUT2D eigenvalue weighted by molar-refractivity contribution is 7.98. The fraction of sp³-hybridized carbons (Fsp3) is 0.364. The number of thioether (sulfide) groups is 1. The summed E-state index contributed by atoms with van der Waals surface area (Å²) in [7, 11) is 0. The van der Waals surface area contributed by atoms with Gasteiger partial charge in [-0.25, -0.2) is 0 Å². The molecule has 0 spiro atoms. The van der Waals surface area contributed by atoms with Gasteiger partial charge in [-0.3, -0.25) is 4.98 Å². The van der Waals surface area contributed by atoms with Gasteiger partial charge in [0.1, 0.15) is 5.69 Å². The zero-order valence-corrected chi connectivity index (χ0v) is 11.4. The zero-order valence-electron chi connectivity index (χ0n) is 9.84. The Hall–Kier alpha value is -1.11. The molecular weight excluding hydrogens is 272 g/mol. The van der Waals surface area contributed by atoms with Gasteiger partial charge in [0.2, 0.25) is 11.7 Å². The molecule has 2 rings (SSSR count). The van der Waals surface area contributed by atoms with Crippen LogP contribution >= 0.6 is 23.4 Å². The van der Waals surface area contributed by atoms with E-state index in [1.807, 2.05) is 6.26 Å². The van der Waals surface area contributed by atoms with Crippen LogP contribution in [0.25, 0.3) is 11.5 Å². The van der Waals surface area contributed by atoms with Crippen LogP contribution in [0, 0.1) is 0 Å². The number of hydrogen-bond donors (Lipinski definition) is 1. The summed E-state index contributed by atoms with van der Waals surface area (Å²) in [5.74, 6) is 1.74. The molecule has 96 valence electrons. The van der Waals surface area contributed by atoms with Gasteiger partial charge in [0, 0.05) is 6.20 Å². The van der Waals surface area contributed by atoms with Crippen LogP contribution in [0.15, 0.2) is 22.9 Å². The van der Waals surface area contributed by atoms with Crippen LogP contribution in [0.5, 0.6) is 0 Å². The van der Waals surface area contributed by atoms with E-state index in [0.717, 1.165) is 12.2 Å². The van der Waals surface area contributed by atoms with Crippen molar-refractivity contribution in [1.82, 2.24) is 15.1 Å². The number of aromatic nitrogens is 3. The first-order valence-electron chi connectivity index (χ1n) is 5.41. The van der Waals surface area contributed by atoms with Crippen molar-refractivity contribution >= 4 is 23.4 Å². The van der Waals surface area contributed by atoms with E-state index in [9.17, 15) is 0 Å². The van der Waals surface area contributed by atoms with Crippen LogP contribution in [0.3, 0.4) is 0 Å². The number of nitrogens with zero attached hydrogens (tertiary/aromatic N) is 3. The lowest BCUT2D eigenvalue weighted by molar-refractivity contribution is 0.353. The molecule has 0 aliphatic heterocycles. The van der Waals surface area contributed by atoms with Gasteiger partial charge in [-0.05, 0) is 30.6 Å². The molecule has 0 aliphatic carbocycles. The van der Waals surface area contributed by atoms with Crippen LogP contribution in [-0.2, 0) is 0 Å². The van der Waals surface area contributed by atoms with Gasteiger partial charge in [0.05, 0.1) is 11.1 Å². The number of pyridine rings is 1. The van der Waals surface area contributed by atoms with Crippen LogP contribution in [-0.4, -0.2) is 27.1 Å². The van der Waals surface area contributed by atoms with Crippen molar-refractivity contribution in [2.45, 2.75) is 12.5 Å². The van der Waals surface area contributed by atoms with E-state index in [2.05, 4.69) is 15.1 Å². The van der Waals surface area contributed by atoms with Crippen molar-refractivity contribution < 1.29 is 4.52 Å². The van der Waals surface area contributed by atoms with Gasteiger partial charge in [-0.2, -0.15) is 16.7 Å². The molecule has 5 nitrogen and oxygen atoms in total. The Kier molecular flexibility index (Phi) is 4.57. The third kappa shape index (κ3) is 3.01. The Morgan fingerprint density at radius 1 is 1.56 bits per heavy atom. The van der Waals surface area contributed by atoms with Crippen molar-refractivity contribution in [2.75, 3.05) is 12.0 Å². The molecule has 0 saturated carbocycles. The van der Waals surface area contributed by atoms with Crippen LogP contribution in [0.2, 0.25) is 5.02 Å². The minimum absolute atomic E-state index is 0.249. The molecule has 2 aromatic rings. The third-order valence-corrected chi connectivity index (χ3v) is 3.31. The van der Waals surface area contributed by atoms with Crippen LogP contribution in [0.4, 0.5) is 0 Å². The molecule has 0 unspecified atom stereocenters. The van der Waals surface area contributed by atoms with Gasteiger partial charge < -0.3 is 10.3 Å². The second-order valence-electron chi connectivity index (χ2n) is 3.68. The van der Waals surface area contributed by atoms with Gasteiger partial charge in [0.25, 0.3) is 0 Å². The topological polar surface area (TPSA) is 77.8 Å². The molecule has 2 N–H and O–H groups in total.